The third-order valence-corrected chi connectivity index (χ3v) is 4.04. The van der Waals surface area contributed by atoms with Crippen molar-refractivity contribution < 1.29 is 18.0 Å². The minimum atomic E-state index is -3.88. The highest BCUT2D eigenvalue weighted by Crippen LogP contribution is 2.15. The van der Waals surface area contributed by atoms with Gasteiger partial charge in [0.15, 0.2) is 0 Å². The molecule has 1 rings (SSSR count). The molecule has 1 aromatic rings. The molecule has 0 spiro atoms. The largest absolute Gasteiger partial charge is 0.368 e. The Morgan fingerprint density at radius 3 is 2.60 bits per heavy atom. The molecule has 2 amide bonds. The lowest BCUT2D eigenvalue weighted by atomic mass is 10.3. The zero-order chi connectivity index (χ0) is 15.3. The van der Waals surface area contributed by atoms with Gasteiger partial charge >= 0.3 is 0 Å². The maximum Gasteiger partial charge on any atom is 0.241 e. The third kappa shape index (κ3) is 4.80. The summed E-state index contributed by atoms with van der Waals surface area (Å²) in [5, 5.41) is 2.46. The minimum Gasteiger partial charge on any atom is -0.368 e. The van der Waals surface area contributed by atoms with Gasteiger partial charge in [0.25, 0.3) is 0 Å². The summed E-state index contributed by atoms with van der Waals surface area (Å²) in [5.41, 5.74) is 4.87. The second-order valence-corrected chi connectivity index (χ2v) is 6.13. The summed E-state index contributed by atoms with van der Waals surface area (Å²) in [7, 11) is -3.88. The van der Waals surface area contributed by atoms with Gasteiger partial charge in [-0.05, 0) is 25.1 Å². The molecule has 1 aromatic carbocycles. The molecule has 1 atom stereocenters. The number of carbonyl (C=O) groups is 2. The fourth-order valence-corrected chi connectivity index (χ4v) is 2.82. The van der Waals surface area contributed by atoms with Crippen molar-refractivity contribution >= 4 is 33.4 Å². The van der Waals surface area contributed by atoms with Crippen molar-refractivity contribution in [3.05, 3.63) is 29.3 Å². The zero-order valence-electron chi connectivity index (χ0n) is 10.6. The summed E-state index contributed by atoms with van der Waals surface area (Å²) in [6, 6.07) is 4.57. The van der Waals surface area contributed by atoms with Crippen LogP contribution in [0.3, 0.4) is 0 Å². The summed E-state index contributed by atoms with van der Waals surface area (Å²) < 4.78 is 26.2. The number of primary amides is 1. The Labute approximate surface area is 121 Å². The van der Waals surface area contributed by atoms with Gasteiger partial charge in [0.2, 0.25) is 21.8 Å². The van der Waals surface area contributed by atoms with Crippen LogP contribution >= 0.6 is 11.6 Å². The molecule has 20 heavy (non-hydrogen) atoms. The third-order valence-electron chi connectivity index (χ3n) is 2.27. The van der Waals surface area contributed by atoms with Crippen LogP contribution in [0.1, 0.15) is 6.92 Å². The number of rotatable bonds is 6. The van der Waals surface area contributed by atoms with Crippen molar-refractivity contribution in [2.24, 2.45) is 5.73 Å². The Hall–Kier alpha value is -1.64. The molecular weight excluding hydrogens is 306 g/mol. The average molecular weight is 320 g/mol. The quantitative estimate of drug-likeness (QED) is 0.661. The lowest BCUT2D eigenvalue weighted by Crippen LogP contribution is -2.46. The first kappa shape index (κ1) is 16.4. The molecule has 0 saturated heterocycles. The minimum absolute atomic E-state index is 0.0560. The number of sulfonamides is 1. The summed E-state index contributed by atoms with van der Waals surface area (Å²) >= 11 is 5.71. The van der Waals surface area contributed by atoms with E-state index in [0.29, 0.717) is 0 Å². The van der Waals surface area contributed by atoms with Gasteiger partial charge in [-0.25, -0.2) is 8.42 Å². The van der Waals surface area contributed by atoms with Gasteiger partial charge in [-0.2, -0.15) is 4.72 Å². The molecule has 0 saturated carbocycles. The van der Waals surface area contributed by atoms with Crippen LogP contribution in [0, 0.1) is 0 Å². The van der Waals surface area contributed by atoms with Crippen LogP contribution in [-0.2, 0) is 19.6 Å². The monoisotopic (exact) mass is 319 g/mol. The molecular formula is C11H14ClN3O4S. The van der Waals surface area contributed by atoms with Crippen molar-refractivity contribution in [1.29, 1.82) is 0 Å². The Balaban J connectivity index is 2.76. The van der Waals surface area contributed by atoms with Crippen LogP contribution in [0.15, 0.2) is 29.2 Å². The SMILES string of the molecule is C[C@H](NS(=O)(=O)c1cccc(Cl)c1)C(=O)NCC(N)=O. The molecule has 0 aliphatic rings. The first-order valence-corrected chi connectivity index (χ1v) is 7.42. The van der Waals surface area contributed by atoms with E-state index in [1.807, 2.05) is 0 Å². The van der Waals surface area contributed by atoms with Gasteiger partial charge < -0.3 is 11.1 Å². The topological polar surface area (TPSA) is 118 Å². The van der Waals surface area contributed by atoms with E-state index in [4.69, 9.17) is 17.3 Å². The average Bonchev–Trinajstić information content (AvgIpc) is 2.35. The Kier molecular flexibility index (Phi) is 5.49. The molecule has 9 heteroatoms. The molecule has 0 fully saturated rings. The van der Waals surface area contributed by atoms with Crippen LogP contribution in [0.25, 0.3) is 0 Å². The number of nitrogens with one attached hydrogen (secondary N) is 2. The Bertz CT molecular complexity index is 618. The van der Waals surface area contributed by atoms with Crippen molar-refractivity contribution in [2.75, 3.05) is 6.54 Å². The van der Waals surface area contributed by atoms with Crippen LogP contribution in [0.4, 0.5) is 0 Å². The summed E-state index contributed by atoms with van der Waals surface area (Å²) in [4.78, 5) is 22.0. The highest BCUT2D eigenvalue weighted by molar-refractivity contribution is 7.89. The van der Waals surface area contributed by atoms with E-state index in [0.717, 1.165) is 0 Å². The second kappa shape index (κ2) is 6.69. The van der Waals surface area contributed by atoms with Crippen LogP contribution in [0.2, 0.25) is 5.02 Å². The second-order valence-electron chi connectivity index (χ2n) is 3.98. The fraction of sp³-hybridized carbons (Fsp3) is 0.273. The van der Waals surface area contributed by atoms with Crippen LogP contribution in [-0.4, -0.2) is 32.8 Å². The molecule has 0 radical (unpaired) electrons. The number of hydrogen-bond donors (Lipinski definition) is 3. The predicted octanol–water partition coefficient (Wildman–Crippen LogP) is -0.392. The van der Waals surface area contributed by atoms with Gasteiger partial charge in [0.1, 0.15) is 0 Å². The Morgan fingerprint density at radius 2 is 2.05 bits per heavy atom. The zero-order valence-corrected chi connectivity index (χ0v) is 12.2. The summed E-state index contributed by atoms with van der Waals surface area (Å²) in [6.45, 7) is 0.987. The number of nitrogens with two attached hydrogens (primary N) is 1. The lowest BCUT2D eigenvalue weighted by Gasteiger charge is -2.14. The number of amides is 2. The highest BCUT2D eigenvalue weighted by atomic mass is 35.5. The molecule has 0 aliphatic heterocycles. The Morgan fingerprint density at radius 1 is 1.40 bits per heavy atom. The van der Waals surface area contributed by atoms with Crippen molar-refractivity contribution in [3.8, 4) is 0 Å². The highest BCUT2D eigenvalue weighted by Gasteiger charge is 2.22. The maximum absolute atomic E-state index is 12.0. The first-order chi connectivity index (χ1) is 9.22. The van der Waals surface area contributed by atoms with Gasteiger partial charge in [0.05, 0.1) is 17.5 Å². The summed E-state index contributed by atoms with van der Waals surface area (Å²) in [5.74, 6) is -1.38. The van der Waals surface area contributed by atoms with Crippen molar-refractivity contribution in [1.82, 2.24) is 10.0 Å². The molecule has 0 aromatic heterocycles. The lowest BCUT2D eigenvalue weighted by molar-refractivity contribution is -0.125. The molecule has 0 heterocycles. The smallest absolute Gasteiger partial charge is 0.241 e. The number of benzene rings is 1. The van der Waals surface area contributed by atoms with Gasteiger partial charge in [-0.1, -0.05) is 17.7 Å². The van der Waals surface area contributed by atoms with E-state index in [1.165, 1.54) is 31.2 Å². The van der Waals surface area contributed by atoms with E-state index in [9.17, 15) is 18.0 Å². The van der Waals surface area contributed by atoms with Crippen molar-refractivity contribution in [2.45, 2.75) is 17.9 Å². The number of hydrogen-bond acceptors (Lipinski definition) is 4. The van der Waals surface area contributed by atoms with Gasteiger partial charge in [-0.15, -0.1) is 0 Å². The molecule has 0 aliphatic carbocycles. The standard InChI is InChI=1S/C11H14ClN3O4S/c1-7(11(17)14-6-10(13)16)15-20(18,19)9-4-2-3-8(12)5-9/h2-5,7,15H,6H2,1H3,(H2,13,16)(H,14,17)/t7-/m0/s1. The van der Waals surface area contributed by atoms with E-state index >= 15 is 0 Å². The van der Waals surface area contributed by atoms with E-state index in [1.54, 1.807) is 0 Å². The van der Waals surface area contributed by atoms with E-state index in [-0.39, 0.29) is 16.5 Å². The van der Waals surface area contributed by atoms with Crippen LogP contribution in [0.5, 0.6) is 0 Å². The van der Waals surface area contributed by atoms with Crippen molar-refractivity contribution in [3.63, 3.8) is 0 Å². The fourth-order valence-electron chi connectivity index (χ4n) is 1.32. The number of halogens is 1. The van der Waals surface area contributed by atoms with Crippen LogP contribution < -0.4 is 15.8 Å². The molecule has 0 unspecified atom stereocenters. The predicted molar refractivity (Wildman–Crippen MR) is 73.4 cm³/mol. The van der Waals surface area contributed by atoms with E-state index in [2.05, 4.69) is 10.0 Å². The molecule has 7 nitrogen and oxygen atoms in total. The normalized spacial score (nSPS) is 12.7. The van der Waals surface area contributed by atoms with Gasteiger partial charge in [0, 0.05) is 5.02 Å². The summed E-state index contributed by atoms with van der Waals surface area (Å²) in [6.07, 6.45) is 0. The maximum atomic E-state index is 12.0. The first-order valence-electron chi connectivity index (χ1n) is 5.56. The number of carbonyl (C=O) groups excluding carboxylic acids is 2. The molecule has 0 bridgehead atoms. The molecule has 4 N–H and O–H groups in total. The van der Waals surface area contributed by atoms with E-state index < -0.39 is 27.9 Å². The molecule has 110 valence electrons. The van der Waals surface area contributed by atoms with Gasteiger partial charge in [-0.3, -0.25) is 9.59 Å².